The molecule has 48 valence electrons. The van der Waals surface area contributed by atoms with Gasteiger partial charge in [-0.15, -0.1) is 24.0 Å². The Hall–Kier alpha value is -0.280. The number of rotatable bonds is 1. The molecule has 0 unspecified atom stereocenters. The minimum Gasteiger partial charge on any atom is -0.295 e. The molecule has 1 heterocycles. The predicted octanol–water partition coefficient (Wildman–Crippen LogP) is 2.09. The van der Waals surface area contributed by atoms with Crippen molar-refractivity contribution in [2.75, 3.05) is 7.05 Å². The van der Waals surface area contributed by atoms with E-state index >= 15 is 0 Å². The van der Waals surface area contributed by atoms with Crippen LogP contribution in [-0.4, -0.2) is 13.3 Å². The highest BCUT2D eigenvalue weighted by Gasteiger charge is 1.93. The number of aliphatic imine (C=N–C) groups is 1. The van der Waals surface area contributed by atoms with E-state index in [-0.39, 0.29) is 0 Å². The zero-order chi connectivity index (χ0) is 6.69. The Morgan fingerprint density at radius 1 is 1.78 bits per heavy atom. The minimum absolute atomic E-state index is 1.01. The monoisotopic (exact) mass is 157 g/mol. The van der Waals surface area contributed by atoms with Gasteiger partial charge in [-0.05, 0) is 11.4 Å². The van der Waals surface area contributed by atoms with Crippen molar-refractivity contribution in [3.8, 4) is 0 Å². The fourth-order valence-electron chi connectivity index (χ4n) is 0.528. The summed E-state index contributed by atoms with van der Waals surface area (Å²) in [6.07, 6.45) is 1.81. The first-order valence-electron chi connectivity index (χ1n) is 2.53. The van der Waals surface area contributed by atoms with E-state index < -0.39 is 0 Å². The van der Waals surface area contributed by atoms with Crippen LogP contribution >= 0.6 is 24.0 Å². The lowest BCUT2D eigenvalue weighted by molar-refractivity contribution is 1.46. The van der Waals surface area contributed by atoms with Crippen molar-refractivity contribution in [1.82, 2.24) is 0 Å². The molecule has 1 rings (SSSR count). The zero-order valence-electron chi connectivity index (χ0n) is 5.03. The van der Waals surface area contributed by atoms with E-state index in [1.165, 1.54) is 0 Å². The number of hydrogen-bond donors (Lipinski definition) is 1. The molecule has 1 aromatic rings. The average Bonchev–Trinajstić information content (AvgIpc) is 2.18. The van der Waals surface area contributed by atoms with Gasteiger partial charge in [0.25, 0.3) is 0 Å². The van der Waals surface area contributed by atoms with E-state index in [1.54, 1.807) is 18.4 Å². The molecule has 0 bridgehead atoms. The lowest BCUT2D eigenvalue weighted by atomic mass is 10.5. The molecule has 0 aliphatic carbocycles. The first-order chi connectivity index (χ1) is 4.34. The third-order valence-electron chi connectivity index (χ3n) is 0.920. The lowest BCUT2D eigenvalue weighted by Gasteiger charge is -1.83. The van der Waals surface area contributed by atoms with Gasteiger partial charge in [0.2, 0.25) is 0 Å². The maximum absolute atomic E-state index is 4.20. The standard InChI is InChI=1S/C6H7NS2/c1-7-4-6-5(8)2-3-9-6/h2-4,8H,1H3. The number of thiophene rings is 1. The summed E-state index contributed by atoms with van der Waals surface area (Å²) >= 11 is 5.85. The fourth-order valence-corrected chi connectivity index (χ4v) is 1.63. The summed E-state index contributed by atoms with van der Waals surface area (Å²) in [7, 11) is 1.76. The summed E-state index contributed by atoms with van der Waals surface area (Å²) in [6, 6.07) is 1.96. The van der Waals surface area contributed by atoms with E-state index in [9.17, 15) is 0 Å². The van der Waals surface area contributed by atoms with Crippen molar-refractivity contribution >= 4 is 30.2 Å². The molecule has 0 saturated heterocycles. The highest BCUT2D eigenvalue weighted by Crippen LogP contribution is 2.17. The molecule has 0 aliphatic heterocycles. The van der Waals surface area contributed by atoms with E-state index in [0.29, 0.717) is 0 Å². The third-order valence-corrected chi connectivity index (χ3v) is 2.31. The summed E-state index contributed by atoms with van der Waals surface area (Å²) in [5.74, 6) is 0. The summed E-state index contributed by atoms with van der Waals surface area (Å²) in [5.41, 5.74) is 0. The van der Waals surface area contributed by atoms with Gasteiger partial charge in [0.15, 0.2) is 0 Å². The Morgan fingerprint density at radius 2 is 2.56 bits per heavy atom. The largest absolute Gasteiger partial charge is 0.295 e. The van der Waals surface area contributed by atoms with Gasteiger partial charge in [-0.2, -0.15) is 0 Å². The molecule has 0 spiro atoms. The Morgan fingerprint density at radius 3 is 3.00 bits per heavy atom. The van der Waals surface area contributed by atoms with Crippen LogP contribution in [0.1, 0.15) is 4.88 Å². The number of nitrogens with zero attached hydrogens (tertiary/aromatic N) is 1. The SMILES string of the molecule is CN=Cc1sccc1S. The van der Waals surface area contributed by atoms with Gasteiger partial charge in [-0.1, -0.05) is 0 Å². The third kappa shape index (κ3) is 1.56. The molecule has 0 fully saturated rings. The summed E-state index contributed by atoms with van der Waals surface area (Å²) in [5, 5.41) is 2.00. The molecule has 0 N–H and O–H groups in total. The highest BCUT2D eigenvalue weighted by molar-refractivity contribution is 7.80. The molecule has 3 heteroatoms. The Balaban J connectivity index is 2.94. The van der Waals surface area contributed by atoms with Crippen LogP contribution in [0.25, 0.3) is 0 Å². The van der Waals surface area contributed by atoms with Gasteiger partial charge >= 0.3 is 0 Å². The number of hydrogen-bond acceptors (Lipinski definition) is 3. The van der Waals surface area contributed by atoms with Crippen molar-refractivity contribution < 1.29 is 0 Å². The van der Waals surface area contributed by atoms with Gasteiger partial charge in [-0.3, -0.25) is 4.99 Å². The molecule has 0 aromatic carbocycles. The van der Waals surface area contributed by atoms with Gasteiger partial charge in [0.05, 0.1) is 4.88 Å². The van der Waals surface area contributed by atoms with E-state index in [4.69, 9.17) is 0 Å². The fraction of sp³-hybridized carbons (Fsp3) is 0.167. The van der Waals surface area contributed by atoms with E-state index in [0.717, 1.165) is 9.77 Å². The molecule has 9 heavy (non-hydrogen) atoms. The van der Waals surface area contributed by atoms with Gasteiger partial charge in [-0.25, -0.2) is 0 Å². The first kappa shape index (κ1) is 6.83. The maximum atomic E-state index is 4.20. The van der Waals surface area contributed by atoms with Crippen LogP contribution in [0, 0.1) is 0 Å². The normalized spacial score (nSPS) is 10.9. The molecule has 0 radical (unpaired) electrons. The second-order valence-electron chi connectivity index (χ2n) is 1.56. The predicted molar refractivity (Wildman–Crippen MR) is 45.1 cm³/mol. The van der Waals surface area contributed by atoms with Crippen molar-refractivity contribution in [1.29, 1.82) is 0 Å². The molecular weight excluding hydrogens is 150 g/mol. The Labute approximate surface area is 63.9 Å². The molecule has 0 aliphatic rings. The zero-order valence-corrected chi connectivity index (χ0v) is 6.75. The summed E-state index contributed by atoms with van der Waals surface area (Å²) < 4.78 is 0. The van der Waals surface area contributed by atoms with Gasteiger partial charge in [0, 0.05) is 18.2 Å². The van der Waals surface area contributed by atoms with Crippen LogP contribution in [0.2, 0.25) is 0 Å². The van der Waals surface area contributed by atoms with E-state index in [1.807, 2.05) is 17.7 Å². The molecule has 0 saturated carbocycles. The van der Waals surface area contributed by atoms with Crippen LogP contribution in [0.3, 0.4) is 0 Å². The molecule has 1 nitrogen and oxygen atoms in total. The molecule has 0 amide bonds. The Kier molecular flexibility index (Phi) is 2.30. The van der Waals surface area contributed by atoms with Crippen molar-refractivity contribution in [3.05, 3.63) is 16.3 Å². The Bertz CT molecular complexity index is 215. The van der Waals surface area contributed by atoms with E-state index in [2.05, 4.69) is 17.6 Å². The second kappa shape index (κ2) is 3.03. The quantitative estimate of drug-likeness (QED) is 0.473. The van der Waals surface area contributed by atoms with Crippen LogP contribution in [0.4, 0.5) is 0 Å². The van der Waals surface area contributed by atoms with Crippen molar-refractivity contribution in [2.45, 2.75) is 4.90 Å². The van der Waals surface area contributed by atoms with Crippen LogP contribution in [0.15, 0.2) is 21.3 Å². The van der Waals surface area contributed by atoms with Crippen molar-refractivity contribution in [3.63, 3.8) is 0 Å². The highest BCUT2D eigenvalue weighted by atomic mass is 32.1. The van der Waals surface area contributed by atoms with Crippen LogP contribution in [-0.2, 0) is 0 Å². The van der Waals surface area contributed by atoms with Crippen LogP contribution < -0.4 is 0 Å². The van der Waals surface area contributed by atoms with Crippen LogP contribution in [0.5, 0.6) is 0 Å². The topological polar surface area (TPSA) is 12.4 Å². The molecule has 1 aromatic heterocycles. The van der Waals surface area contributed by atoms with Gasteiger partial charge in [0.1, 0.15) is 0 Å². The minimum atomic E-state index is 1.01. The maximum Gasteiger partial charge on any atom is 0.0581 e. The second-order valence-corrected chi connectivity index (χ2v) is 2.99. The molecule has 0 atom stereocenters. The summed E-state index contributed by atoms with van der Waals surface area (Å²) in [6.45, 7) is 0. The smallest absolute Gasteiger partial charge is 0.0581 e. The number of thiol groups is 1. The average molecular weight is 157 g/mol. The van der Waals surface area contributed by atoms with Gasteiger partial charge < -0.3 is 0 Å². The molecular formula is C6H7NS2. The summed E-state index contributed by atoms with van der Waals surface area (Å²) in [4.78, 5) is 6.01. The first-order valence-corrected chi connectivity index (χ1v) is 3.86. The van der Waals surface area contributed by atoms with Crippen molar-refractivity contribution in [2.24, 2.45) is 4.99 Å². The lowest BCUT2D eigenvalue weighted by Crippen LogP contribution is -1.71.